The van der Waals surface area contributed by atoms with Crippen LogP contribution in [0.2, 0.25) is 0 Å². The van der Waals surface area contributed by atoms with E-state index in [0.29, 0.717) is 5.92 Å². The lowest BCUT2D eigenvalue weighted by atomic mass is 10.1. The molecule has 0 aliphatic heterocycles. The van der Waals surface area contributed by atoms with E-state index in [-0.39, 0.29) is 0 Å². The van der Waals surface area contributed by atoms with Gasteiger partial charge in [0.25, 0.3) is 0 Å². The Kier molecular flexibility index (Phi) is 3.63. The zero-order valence-electron chi connectivity index (χ0n) is 9.07. The second kappa shape index (κ2) is 4.74. The smallest absolute Gasteiger partial charge is 0.0869 e. The molecule has 1 aromatic heterocycles. The van der Waals surface area contributed by atoms with Crippen LogP contribution in [0, 0.1) is 5.92 Å². The maximum Gasteiger partial charge on any atom is 0.0869 e. The Labute approximate surface area is 85.1 Å². The second-order valence-electron chi connectivity index (χ2n) is 3.63. The summed E-state index contributed by atoms with van der Waals surface area (Å²) in [5.74, 6) is 0.613. The fourth-order valence-corrected chi connectivity index (χ4v) is 1.30. The lowest BCUT2D eigenvalue weighted by Crippen LogP contribution is -1.97. The van der Waals surface area contributed by atoms with Crippen LogP contribution in [-0.4, -0.2) is 16.1 Å². The highest BCUT2D eigenvalue weighted by molar-refractivity contribution is 5.53. The summed E-state index contributed by atoms with van der Waals surface area (Å²) >= 11 is 0. The summed E-state index contributed by atoms with van der Waals surface area (Å²) in [6.45, 7) is 9.96. The highest BCUT2D eigenvalue weighted by Gasteiger charge is 2.05. The maximum absolute atomic E-state index is 4.36. The molecule has 0 fully saturated rings. The number of hydrogen-bond donors (Lipinski definition) is 0. The SMILES string of the molecule is C=Cc1cc(CC(C)C)nn1/N=C\C. The molecule has 3 heteroatoms. The van der Waals surface area contributed by atoms with Gasteiger partial charge in [-0.05, 0) is 31.4 Å². The van der Waals surface area contributed by atoms with Crippen molar-refractivity contribution in [3.05, 3.63) is 24.0 Å². The number of hydrogen-bond acceptors (Lipinski definition) is 2. The minimum absolute atomic E-state index is 0.613. The quantitative estimate of drug-likeness (QED) is 0.673. The van der Waals surface area contributed by atoms with E-state index >= 15 is 0 Å². The fourth-order valence-electron chi connectivity index (χ4n) is 1.30. The molecule has 14 heavy (non-hydrogen) atoms. The molecule has 0 atom stereocenters. The lowest BCUT2D eigenvalue weighted by molar-refractivity contribution is 0.617. The molecule has 1 rings (SSSR count). The molecule has 0 radical (unpaired) electrons. The van der Waals surface area contributed by atoms with Gasteiger partial charge >= 0.3 is 0 Å². The molecule has 1 heterocycles. The summed E-state index contributed by atoms with van der Waals surface area (Å²) in [4.78, 5) is 1.62. The van der Waals surface area contributed by atoms with Crippen LogP contribution in [0.25, 0.3) is 6.08 Å². The third kappa shape index (κ3) is 2.55. The Morgan fingerprint density at radius 1 is 1.64 bits per heavy atom. The summed E-state index contributed by atoms with van der Waals surface area (Å²) in [7, 11) is 0. The molecule has 0 N–H and O–H groups in total. The van der Waals surface area contributed by atoms with Crippen molar-refractivity contribution >= 4 is 12.3 Å². The first-order chi connectivity index (χ1) is 6.67. The van der Waals surface area contributed by atoms with Crippen molar-refractivity contribution in [3.8, 4) is 0 Å². The molecule has 1 aromatic rings. The first-order valence-corrected chi connectivity index (χ1v) is 4.87. The molecular formula is C11H17N3. The van der Waals surface area contributed by atoms with Gasteiger partial charge in [-0.3, -0.25) is 0 Å². The molecule has 0 aliphatic rings. The van der Waals surface area contributed by atoms with Gasteiger partial charge in [0.2, 0.25) is 0 Å². The zero-order chi connectivity index (χ0) is 10.6. The summed E-state index contributed by atoms with van der Waals surface area (Å²) in [5.41, 5.74) is 2.01. The average molecular weight is 191 g/mol. The molecule has 0 saturated heterocycles. The fraction of sp³-hybridized carbons (Fsp3) is 0.455. The molecule has 0 bridgehead atoms. The number of rotatable bonds is 4. The van der Waals surface area contributed by atoms with E-state index in [9.17, 15) is 0 Å². The summed E-state index contributed by atoms with van der Waals surface area (Å²) < 4.78 is 0. The van der Waals surface area contributed by atoms with E-state index in [1.165, 1.54) is 0 Å². The number of nitrogens with zero attached hydrogens (tertiary/aromatic N) is 3. The minimum Gasteiger partial charge on any atom is -0.163 e. The molecule has 3 nitrogen and oxygen atoms in total. The molecule has 76 valence electrons. The van der Waals surface area contributed by atoms with Crippen LogP contribution in [0.15, 0.2) is 17.7 Å². The predicted molar refractivity (Wildman–Crippen MR) is 60.4 cm³/mol. The van der Waals surface area contributed by atoms with Gasteiger partial charge in [0, 0.05) is 6.21 Å². The normalized spacial score (nSPS) is 11.4. The minimum atomic E-state index is 0.613. The number of aromatic nitrogens is 2. The third-order valence-corrected chi connectivity index (χ3v) is 1.82. The van der Waals surface area contributed by atoms with Crippen molar-refractivity contribution in [2.75, 3.05) is 0 Å². The van der Waals surface area contributed by atoms with Gasteiger partial charge in [-0.15, -0.1) is 0 Å². The standard InChI is InChI=1S/C11H17N3/c1-5-11-8-10(7-9(3)4)13-14(11)12-6-2/h5-6,8-9H,1,7H2,2-4H3/b12-6-. The van der Waals surface area contributed by atoms with Crippen molar-refractivity contribution in [3.63, 3.8) is 0 Å². The Hall–Kier alpha value is -1.38. The van der Waals surface area contributed by atoms with E-state index in [4.69, 9.17) is 0 Å². The van der Waals surface area contributed by atoms with Gasteiger partial charge in [-0.2, -0.15) is 15.0 Å². The molecule has 0 aliphatic carbocycles. The molecule has 0 amide bonds. The lowest BCUT2D eigenvalue weighted by Gasteiger charge is -1.98. The van der Waals surface area contributed by atoms with Crippen LogP contribution >= 0.6 is 0 Å². The summed E-state index contributed by atoms with van der Waals surface area (Å²) in [6.07, 6.45) is 4.47. The Morgan fingerprint density at radius 3 is 2.86 bits per heavy atom. The first-order valence-electron chi connectivity index (χ1n) is 4.87. The Balaban J connectivity index is 2.94. The highest BCUT2D eigenvalue weighted by Crippen LogP contribution is 2.10. The van der Waals surface area contributed by atoms with Crippen molar-refractivity contribution in [1.82, 2.24) is 9.89 Å². The van der Waals surface area contributed by atoms with Crippen molar-refractivity contribution in [2.45, 2.75) is 27.2 Å². The van der Waals surface area contributed by atoms with Gasteiger partial charge < -0.3 is 0 Å². The maximum atomic E-state index is 4.36. The van der Waals surface area contributed by atoms with Gasteiger partial charge in [0.05, 0.1) is 11.4 Å². The highest BCUT2D eigenvalue weighted by atomic mass is 15.5. The zero-order valence-corrected chi connectivity index (χ0v) is 9.07. The van der Waals surface area contributed by atoms with Gasteiger partial charge in [0.1, 0.15) is 0 Å². The third-order valence-electron chi connectivity index (χ3n) is 1.82. The van der Waals surface area contributed by atoms with Crippen molar-refractivity contribution in [1.29, 1.82) is 0 Å². The summed E-state index contributed by atoms with van der Waals surface area (Å²) in [6, 6.07) is 2.03. The van der Waals surface area contributed by atoms with Gasteiger partial charge in [-0.1, -0.05) is 20.4 Å². The van der Waals surface area contributed by atoms with Crippen LogP contribution in [0.1, 0.15) is 32.2 Å². The van der Waals surface area contributed by atoms with Gasteiger partial charge in [-0.25, -0.2) is 0 Å². The predicted octanol–water partition coefficient (Wildman–Crippen LogP) is 2.58. The topological polar surface area (TPSA) is 30.2 Å². The van der Waals surface area contributed by atoms with E-state index in [0.717, 1.165) is 17.8 Å². The molecule has 0 unspecified atom stereocenters. The van der Waals surface area contributed by atoms with E-state index in [1.54, 1.807) is 17.1 Å². The monoisotopic (exact) mass is 191 g/mol. The summed E-state index contributed by atoms with van der Waals surface area (Å²) in [5, 5.41) is 8.47. The largest absolute Gasteiger partial charge is 0.163 e. The second-order valence-corrected chi connectivity index (χ2v) is 3.63. The Bertz CT molecular complexity index is 334. The van der Waals surface area contributed by atoms with Crippen molar-refractivity contribution < 1.29 is 0 Å². The Morgan fingerprint density at radius 2 is 2.36 bits per heavy atom. The van der Waals surface area contributed by atoms with E-state index in [2.05, 4.69) is 30.6 Å². The molecular weight excluding hydrogens is 174 g/mol. The van der Waals surface area contributed by atoms with E-state index in [1.807, 2.05) is 13.0 Å². The van der Waals surface area contributed by atoms with Gasteiger partial charge in [0.15, 0.2) is 0 Å². The van der Waals surface area contributed by atoms with Crippen LogP contribution < -0.4 is 0 Å². The molecule has 0 saturated carbocycles. The molecule has 0 spiro atoms. The van der Waals surface area contributed by atoms with E-state index < -0.39 is 0 Å². The molecule has 0 aromatic carbocycles. The average Bonchev–Trinajstić information content (AvgIpc) is 2.47. The van der Waals surface area contributed by atoms with Crippen LogP contribution in [-0.2, 0) is 6.42 Å². The van der Waals surface area contributed by atoms with Crippen LogP contribution in [0.3, 0.4) is 0 Å². The van der Waals surface area contributed by atoms with Crippen LogP contribution in [0.4, 0.5) is 0 Å². The van der Waals surface area contributed by atoms with Crippen LogP contribution in [0.5, 0.6) is 0 Å². The van der Waals surface area contributed by atoms with Crippen molar-refractivity contribution in [2.24, 2.45) is 11.0 Å². The first kappa shape index (κ1) is 10.7.